The molecule has 28 heavy (non-hydrogen) atoms. The maximum Gasteiger partial charge on any atom is 0.267 e. The van der Waals surface area contributed by atoms with Crippen LogP contribution in [0.3, 0.4) is 0 Å². The molecule has 0 unspecified atom stereocenters. The molecule has 0 atom stereocenters. The maximum absolute atomic E-state index is 12.4. The van der Waals surface area contributed by atoms with Crippen LogP contribution in [0.25, 0.3) is 21.8 Å². The normalized spacial score (nSPS) is 10.9. The van der Waals surface area contributed by atoms with E-state index in [9.17, 15) is 4.79 Å². The minimum absolute atomic E-state index is 0.137. The average molecular weight is 375 g/mol. The molecule has 2 heterocycles. The Morgan fingerprint density at radius 1 is 1.11 bits per heavy atom. The van der Waals surface area contributed by atoms with E-state index in [1.807, 2.05) is 54.6 Å². The molecule has 0 bridgehead atoms. The third-order valence-corrected chi connectivity index (χ3v) is 4.53. The number of aromatic amines is 1. The van der Waals surface area contributed by atoms with Crippen LogP contribution in [0.15, 0.2) is 60.8 Å². The van der Waals surface area contributed by atoms with Gasteiger partial charge in [0.05, 0.1) is 13.7 Å². The molecule has 0 aliphatic heterocycles. The monoisotopic (exact) mass is 375 g/mol. The van der Waals surface area contributed by atoms with Gasteiger partial charge in [-0.3, -0.25) is 9.78 Å². The van der Waals surface area contributed by atoms with Gasteiger partial charge < -0.3 is 19.8 Å². The number of carbonyl (C=O) groups excluding carboxylic acids is 1. The fourth-order valence-corrected chi connectivity index (χ4v) is 3.10. The van der Waals surface area contributed by atoms with Gasteiger partial charge in [0, 0.05) is 35.1 Å². The second-order valence-corrected chi connectivity index (χ2v) is 6.43. The number of nitrogens with zero attached hydrogens (tertiary/aromatic N) is 1. The van der Waals surface area contributed by atoms with Gasteiger partial charge in [-0.1, -0.05) is 18.2 Å². The van der Waals surface area contributed by atoms with Crippen LogP contribution in [0.5, 0.6) is 11.5 Å². The zero-order valence-corrected chi connectivity index (χ0v) is 15.6. The topological polar surface area (TPSA) is 76.2 Å². The number of methoxy groups -OCH3 is 1. The molecular formula is C22H21N3O3. The summed E-state index contributed by atoms with van der Waals surface area (Å²) in [7, 11) is 1.62. The number of aromatic nitrogens is 2. The van der Waals surface area contributed by atoms with Crippen molar-refractivity contribution in [1.82, 2.24) is 15.3 Å². The molecule has 0 saturated heterocycles. The second-order valence-electron chi connectivity index (χ2n) is 6.43. The highest BCUT2D eigenvalue weighted by Gasteiger charge is 2.10. The highest BCUT2D eigenvalue weighted by Crippen LogP contribution is 2.23. The summed E-state index contributed by atoms with van der Waals surface area (Å²) in [6.45, 7) is 1.02. The number of hydrogen-bond acceptors (Lipinski definition) is 4. The standard InChI is InChI=1S/C22H21N3O3/c1-27-17-9-8-16-13-19(25-18(16)14-17)22(26)24-11-4-12-28-20-7-2-5-15-6-3-10-23-21(15)20/h2-3,5-10,13-14,25H,4,11-12H2,1H3,(H,24,26). The van der Waals surface area contributed by atoms with Gasteiger partial charge in [-0.05, 0) is 36.8 Å². The van der Waals surface area contributed by atoms with E-state index in [1.165, 1.54) is 0 Å². The molecule has 0 saturated carbocycles. The number of ether oxygens (including phenoxy) is 2. The minimum Gasteiger partial charge on any atom is -0.497 e. The third kappa shape index (κ3) is 3.76. The van der Waals surface area contributed by atoms with Gasteiger partial charge >= 0.3 is 0 Å². The van der Waals surface area contributed by atoms with Crippen molar-refractivity contribution in [2.45, 2.75) is 6.42 Å². The summed E-state index contributed by atoms with van der Waals surface area (Å²) in [6, 6.07) is 17.3. The molecule has 0 fully saturated rings. The first-order chi connectivity index (χ1) is 13.7. The van der Waals surface area contributed by atoms with Crippen LogP contribution in [0.4, 0.5) is 0 Å². The molecule has 0 aliphatic rings. The summed E-state index contributed by atoms with van der Waals surface area (Å²) >= 11 is 0. The van der Waals surface area contributed by atoms with Crippen molar-refractivity contribution >= 4 is 27.7 Å². The molecule has 2 N–H and O–H groups in total. The van der Waals surface area contributed by atoms with Crippen molar-refractivity contribution in [2.24, 2.45) is 0 Å². The van der Waals surface area contributed by atoms with E-state index in [4.69, 9.17) is 9.47 Å². The molecule has 142 valence electrons. The first-order valence-electron chi connectivity index (χ1n) is 9.16. The summed E-state index contributed by atoms with van der Waals surface area (Å²) in [4.78, 5) is 19.9. The lowest BCUT2D eigenvalue weighted by Gasteiger charge is -2.09. The molecule has 4 aromatic rings. The van der Waals surface area contributed by atoms with Crippen molar-refractivity contribution in [2.75, 3.05) is 20.3 Å². The molecule has 6 nitrogen and oxygen atoms in total. The number of rotatable bonds is 7. The van der Waals surface area contributed by atoms with E-state index >= 15 is 0 Å². The van der Waals surface area contributed by atoms with Crippen LogP contribution in [0.2, 0.25) is 0 Å². The van der Waals surface area contributed by atoms with Crippen molar-refractivity contribution in [3.05, 3.63) is 66.5 Å². The summed E-state index contributed by atoms with van der Waals surface area (Å²) in [6.07, 6.45) is 2.45. The second kappa shape index (κ2) is 8.00. The number of pyridine rings is 1. The van der Waals surface area contributed by atoms with Gasteiger partial charge in [0.15, 0.2) is 0 Å². The highest BCUT2D eigenvalue weighted by molar-refractivity contribution is 5.98. The maximum atomic E-state index is 12.4. The summed E-state index contributed by atoms with van der Waals surface area (Å²) in [5, 5.41) is 4.93. The summed E-state index contributed by atoms with van der Waals surface area (Å²) < 4.78 is 11.1. The molecule has 2 aromatic heterocycles. The lowest BCUT2D eigenvalue weighted by molar-refractivity contribution is 0.0947. The third-order valence-electron chi connectivity index (χ3n) is 4.53. The van der Waals surface area contributed by atoms with E-state index in [0.29, 0.717) is 25.3 Å². The molecule has 1 amide bonds. The molecule has 2 aromatic carbocycles. The average Bonchev–Trinajstić information content (AvgIpc) is 3.17. The van der Waals surface area contributed by atoms with Gasteiger partial charge in [0.25, 0.3) is 5.91 Å². The largest absolute Gasteiger partial charge is 0.497 e. The first-order valence-corrected chi connectivity index (χ1v) is 9.16. The quantitative estimate of drug-likeness (QED) is 0.480. The van der Waals surface area contributed by atoms with E-state index in [2.05, 4.69) is 15.3 Å². The Hall–Kier alpha value is -3.54. The number of fused-ring (bicyclic) bond motifs is 2. The SMILES string of the molecule is COc1ccc2cc(C(=O)NCCCOc3cccc4cccnc34)[nH]c2c1. The lowest BCUT2D eigenvalue weighted by atomic mass is 10.2. The molecule has 4 rings (SSSR count). The van der Waals surface area contributed by atoms with Gasteiger partial charge in [-0.15, -0.1) is 0 Å². The van der Waals surface area contributed by atoms with Crippen molar-refractivity contribution in [1.29, 1.82) is 0 Å². The zero-order valence-electron chi connectivity index (χ0n) is 15.6. The Labute approximate surface area is 162 Å². The highest BCUT2D eigenvalue weighted by atomic mass is 16.5. The number of benzene rings is 2. The molecule has 0 spiro atoms. The minimum atomic E-state index is -0.137. The van der Waals surface area contributed by atoms with E-state index < -0.39 is 0 Å². The summed E-state index contributed by atoms with van der Waals surface area (Å²) in [5.41, 5.74) is 2.25. The van der Waals surface area contributed by atoms with Crippen molar-refractivity contribution < 1.29 is 14.3 Å². The van der Waals surface area contributed by atoms with Crippen molar-refractivity contribution in [3.63, 3.8) is 0 Å². The Morgan fingerprint density at radius 3 is 2.89 bits per heavy atom. The van der Waals surface area contributed by atoms with Crippen LogP contribution in [0.1, 0.15) is 16.9 Å². The smallest absolute Gasteiger partial charge is 0.267 e. The van der Waals surface area contributed by atoms with Crippen LogP contribution in [-0.2, 0) is 0 Å². The van der Waals surface area contributed by atoms with Crippen LogP contribution in [0, 0.1) is 0 Å². The van der Waals surface area contributed by atoms with Gasteiger partial charge in [0.1, 0.15) is 22.7 Å². The molecule has 0 radical (unpaired) electrons. The van der Waals surface area contributed by atoms with Crippen LogP contribution in [-0.4, -0.2) is 36.1 Å². The lowest BCUT2D eigenvalue weighted by Crippen LogP contribution is -2.25. The van der Waals surface area contributed by atoms with Gasteiger partial charge in [-0.25, -0.2) is 0 Å². The Morgan fingerprint density at radius 2 is 2.00 bits per heavy atom. The fourth-order valence-electron chi connectivity index (χ4n) is 3.10. The van der Waals surface area contributed by atoms with Crippen LogP contribution >= 0.6 is 0 Å². The van der Waals surface area contributed by atoms with Crippen LogP contribution < -0.4 is 14.8 Å². The van der Waals surface area contributed by atoms with Gasteiger partial charge in [0.2, 0.25) is 0 Å². The zero-order chi connectivity index (χ0) is 19.3. The van der Waals surface area contributed by atoms with E-state index in [1.54, 1.807) is 13.3 Å². The van der Waals surface area contributed by atoms with Gasteiger partial charge in [-0.2, -0.15) is 0 Å². The number of H-pyrrole nitrogens is 1. The number of amides is 1. The first kappa shape index (κ1) is 17.9. The Kier molecular flexibility index (Phi) is 5.10. The Balaban J connectivity index is 1.30. The number of para-hydroxylation sites is 1. The van der Waals surface area contributed by atoms with E-state index in [0.717, 1.165) is 33.3 Å². The number of carbonyl (C=O) groups is 1. The fraction of sp³-hybridized carbons (Fsp3) is 0.182. The predicted octanol–water partition coefficient (Wildman–Crippen LogP) is 3.92. The number of nitrogens with one attached hydrogen (secondary N) is 2. The predicted molar refractivity (Wildman–Crippen MR) is 109 cm³/mol. The van der Waals surface area contributed by atoms with Crippen molar-refractivity contribution in [3.8, 4) is 11.5 Å². The molecular weight excluding hydrogens is 354 g/mol. The number of hydrogen-bond donors (Lipinski definition) is 2. The molecule has 0 aliphatic carbocycles. The molecule has 6 heteroatoms. The van der Waals surface area contributed by atoms with E-state index in [-0.39, 0.29) is 5.91 Å². The Bertz CT molecular complexity index is 1120. The summed E-state index contributed by atoms with van der Waals surface area (Å²) in [5.74, 6) is 1.37.